The standard InChI is InChI=1S/C16H23ClN2O/c1-11(12-6-4-3-5-7-12)19-16(20)14-10-13(17)8-9-15(14)18-2/h8-12,18H,3-7H2,1-2H3,(H,19,20). The van der Waals surface area contributed by atoms with Crippen LogP contribution in [-0.4, -0.2) is 19.0 Å². The molecule has 2 N–H and O–H groups in total. The second-order valence-electron chi connectivity index (χ2n) is 5.60. The van der Waals surface area contributed by atoms with Crippen molar-refractivity contribution in [2.75, 3.05) is 12.4 Å². The van der Waals surface area contributed by atoms with Gasteiger partial charge in [0.15, 0.2) is 0 Å². The third-order valence-electron chi connectivity index (χ3n) is 4.21. The van der Waals surface area contributed by atoms with Gasteiger partial charge in [-0.05, 0) is 43.9 Å². The van der Waals surface area contributed by atoms with Crippen molar-refractivity contribution in [2.24, 2.45) is 5.92 Å². The molecule has 1 atom stereocenters. The van der Waals surface area contributed by atoms with Crippen molar-refractivity contribution >= 4 is 23.2 Å². The van der Waals surface area contributed by atoms with Crippen LogP contribution >= 0.6 is 11.6 Å². The molecule has 0 spiro atoms. The first-order chi connectivity index (χ1) is 9.61. The molecule has 3 nitrogen and oxygen atoms in total. The van der Waals surface area contributed by atoms with E-state index in [4.69, 9.17) is 11.6 Å². The van der Waals surface area contributed by atoms with E-state index in [2.05, 4.69) is 17.6 Å². The Morgan fingerprint density at radius 2 is 2.00 bits per heavy atom. The number of hydrogen-bond donors (Lipinski definition) is 2. The van der Waals surface area contributed by atoms with Crippen LogP contribution in [0.5, 0.6) is 0 Å². The van der Waals surface area contributed by atoms with Crippen molar-refractivity contribution in [2.45, 2.75) is 45.1 Å². The maximum Gasteiger partial charge on any atom is 0.253 e. The molecule has 1 aliphatic rings. The minimum absolute atomic E-state index is 0.0464. The molecule has 0 bridgehead atoms. The van der Waals surface area contributed by atoms with Gasteiger partial charge in [0.05, 0.1) is 5.56 Å². The van der Waals surface area contributed by atoms with Crippen LogP contribution in [0.3, 0.4) is 0 Å². The number of carbonyl (C=O) groups is 1. The Morgan fingerprint density at radius 1 is 1.30 bits per heavy atom. The lowest BCUT2D eigenvalue weighted by molar-refractivity contribution is 0.0920. The predicted octanol–water partition coefficient (Wildman–Crippen LogP) is 4.08. The molecule has 0 radical (unpaired) electrons. The van der Waals surface area contributed by atoms with E-state index in [1.165, 1.54) is 32.1 Å². The summed E-state index contributed by atoms with van der Waals surface area (Å²) >= 11 is 6.00. The van der Waals surface area contributed by atoms with E-state index in [1.54, 1.807) is 12.1 Å². The van der Waals surface area contributed by atoms with Crippen molar-refractivity contribution in [1.29, 1.82) is 0 Å². The summed E-state index contributed by atoms with van der Waals surface area (Å²) < 4.78 is 0. The molecule has 1 saturated carbocycles. The maximum absolute atomic E-state index is 12.4. The summed E-state index contributed by atoms with van der Waals surface area (Å²) in [6, 6.07) is 5.56. The number of anilines is 1. The van der Waals surface area contributed by atoms with E-state index < -0.39 is 0 Å². The van der Waals surface area contributed by atoms with Crippen molar-refractivity contribution < 1.29 is 4.79 Å². The zero-order chi connectivity index (χ0) is 14.5. The molecule has 0 aliphatic heterocycles. The number of hydrogen-bond acceptors (Lipinski definition) is 2. The lowest BCUT2D eigenvalue weighted by Gasteiger charge is -2.28. The van der Waals surface area contributed by atoms with Crippen LogP contribution in [0.15, 0.2) is 18.2 Å². The molecule has 2 rings (SSSR count). The summed E-state index contributed by atoms with van der Waals surface area (Å²) in [5.74, 6) is 0.555. The van der Waals surface area contributed by atoms with E-state index >= 15 is 0 Å². The fourth-order valence-corrected chi connectivity index (χ4v) is 3.13. The fraction of sp³-hybridized carbons (Fsp3) is 0.562. The largest absolute Gasteiger partial charge is 0.387 e. The molecule has 1 unspecified atom stereocenters. The van der Waals surface area contributed by atoms with Gasteiger partial charge in [-0.3, -0.25) is 4.79 Å². The first kappa shape index (κ1) is 15.2. The van der Waals surface area contributed by atoms with E-state index in [0.29, 0.717) is 16.5 Å². The number of halogens is 1. The lowest BCUT2D eigenvalue weighted by Crippen LogP contribution is -2.39. The third kappa shape index (κ3) is 3.66. The van der Waals surface area contributed by atoms with Gasteiger partial charge in [-0.2, -0.15) is 0 Å². The molecule has 1 aliphatic carbocycles. The van der Waals surface area contributed by atoms with E-state index in [9.17, 15) is 4.79 Å². The van der Waals surface area contributed by atoms with Crippen molar-refractivity contribution in [3.05, 3.63) is 28.8 Å². The molecule has 0 heterocycles. The second-order valence-corrected chi connectivity index (χ2v) is 6.04. The Labute approximate surface area is 126 Å². The summed E-state index contributed by atoms with van der Waals surface area (Å²) in [5.41, 5.74) is 1.42. The average Bonchev–Trinajstić information content (AvgIpc) is 2.48. The first-order valence-electron chi connectivity index (χ1n) is 7.40. The van der Waals surface area contributed by atoms with E-state index in [-0.39, 0.29) is 11.9 Å². The Kier molecular flexibility index (Phi) is 5.30. The van der Waals surface area contributed by atoms with E-state index in [0.717, 1.165) is 5.69 Å². The Hall–Kier alpha value is -1.22. The topological polar surface area (TPSA) is 41.1 Å². The smallest absolute Gasteiger partial charge is 0.253 e. The molecule has 1 fully saturated rings. The SMILES string of the molecule is CNc1ccc(Cl)cc1C(=O)NC(C)C1CCCCC1. The van der Waals surface area contributed by atoms with Crippen LogP contribution in [0.1, 0.15) is 49.4 Å². The van der Waals surface area contributed by atoms with Crippen LogP contribution in [0.2, 0.25) is 5.02 Å². The number of nitrogens with one attached hydrogen (secondary N) is 2. The van der Waals surface area contributed by atoms with Gasteiger partial charge >= 0.3 is 0 Å². The monoisotopic (exact) mass is 294 g/mol. The normalized spacial score (nSPS) is 17.6. The molecule has 0 saturated heterocycles. The molecular weight excluding hydrogens is 272 g/mol. The number of carbonyl (C=O) groups excluding carboxylic acids is 1. The minimum Gasteiger partial charge on any atom is -0.387 e. The van der Waals surface area contributed by atoms with Crippen molar-refractivity contribution in [3.8, 4) is 0 Å². The van der Waals surface area contributed by atoms with Crippen LogP contribution in [-0.2, 0) is 0 Å². The van der Waals surface area contributed by atoms with Crippen LogP contribution < -0.4 is 10.6 Å². The highest BCUT2D eigenvalue weighted by Gasteiger charge is 2.22. The van der Waals surface area contributed by atoms with Crippen LogP contribution in [0, 0.1) is 5.92 Å². The van der Waals surface area contributed by atoms with Crippen molar-refractivity contribution in [3.63, 3.8) is 0 Å². The molecule has 1 aromatic rings. The van der Waals surface area contributed by atoms with Gasteiger partial charge < -0.3 is 10.6 Å². The van der Waals surface area contributed by atoms with Gasteiger partial charge in [-0.15, -0.1) is 0 Å². The third-order valence-corrected chi connectivity index (χ3v) is 4.45. The van der Waals surface area contributed by atoms with Crippen LogP contribution in [0.4, 0.5) is 5.69 Å². The molecule has 4 heteroatoms. The number of amides is 1. The Morgan fingerprint density at radius 3 is 2.65 bits per heavy atom. The number of benzene rings is 1. The highest BCUT2D eigenvalue weighted by molar-refractivity contribution is 6.31. The van der Waals surface area contributed by atoms with E-state index in [1.807, 2.05) is 13.1 Å². The van der Waals surface area contributed by atoms with Crippen LogP contribution in [0.25, 0.3) is 0 Å². The van der Waals surface area contributed by atoms with Gasteiger partial charge in [-0.25, -0.2) is 0 Å². The zero-order valence-electron chi connectivity index (χ0n) is 12.2. The van der Waals surface area contributed by atoms with Gasteiger partial charge in [-0.1, -0.05) is 30.9 Å². The number of rotatable bonds is 4. The molecule has 20 heavy (non-hydrogen) atoms. The van der Waals surface area contributed by atoms with Gasteiger partial charge in [0.1, 0.15) is 0 Å². The highest BCUT2D eigenvalue weighted by atomic mass is 35.5. The predicted molar refractivity (Wildman–Crippen MR) is 84.5 cm³/mol. The maximum atomic E-state index is 12.4. The average molecular weight is 295 g/mol. The van der Waals surface area contributed by atoms with Gasteiger partial charge in [0.25, 0.3) is 5.91 Å². The summed E-state index contributed by atoms with van der Waals surface area (Å²) in [6.45, 7) is 2.11. The molecule has 110 valence electrons. The Balaban J connectivity index is 2.05. The molecule has 1 aromatic carbocycles. The summed E-state index contributed by atoms with van der Waals surface area (Å²) in [7, 11) is 1.81. The molecular formula is C16H23ClN2O. The van der Waals surface area contributed by atoms with Crippen molar-refractivity contribution in [1.82, 2.24) is 5.32 Å². The fourth-order valence-electron chi connectivity index (χ4n) is 2.96. The zero-order valence-corrected chi connectivity index (χ0v) is 13.0. The first-order valence-corrected chi connectivity index (χ1v) is 7.77. The minimum atomic E-state index is -0.0464. The summed E-state index contributed by atoms with van der Waals surface area (Å²) in [6.07, 6.45) is 6.33. The second kappa shape index (κ2) is 6.98. The molecule has 1 amide bonds. The summed E-state index contributed by atoms with van der Waals surface area (Å²) in [5, 5.41) is 6.75. The van der Waals surface area contributed by atoms with Gasteiger partial charge in [0.2, 0.25) is 0 Å². The Bertz CT molecular complexity index is 470. The quantitative estimate of drug-likeness (QED) is 0.878. The lowest BCUT2D eigenvalue weighted by atomic mass is 9.84. The highest BCUT2D eigenvalue weighted by Crippen LogP contribution is 2.27. The summed E-state index contributed by atoms with van der Waals surface area (Å²) in [4.78, 5) is 12.4. The van der Waals surface area contributed by atoms with Gasteiger partial charge in [0, 0.05) is 23.8 Å². The molecule has 0 aromatic heterocycles.